The maximum atomic E-state index is 13.6. The summed E-state index contributed by atoms with van der Waals surface area (Å²) in [6.07, 6.45) is 1.60. The molecule has 0 unspecified atom stereocenters. The molecule has 0 spiro atoms. The van der Waals surface area contributed by atoms with E-state index in [4.69, 9.17) is 4.74 Å². The first-order chi connectivity index (χ1) is 12.7. The van der Waals surface area contributed by atoms with Crippen LogP contribution >= 0.6 is 0 Å². The highest BCUT2D eigenvalue weighted by Gasteiger charge is 2.17. The number of halogens is 1. The molecule has 0 saturated heterocycles. The Labute approximate surface area is 151 Å². The molecule has 6 heteroatoms. The molecule has 0 atom stereocenters. The third-order valence-corrected chi connectivity index (χ3v) is 3.82. The van der Waals surface area contributed by atoms with Gasteiger partial charge < -0.3 is 10.1 Å². The Morgan fingerprint density at radius 1 is 1.19 bits per heavy atom. The van der Waals surface area contributed by atoms with Crippen LogP contribution in [-0.4, -0.2) is 22.7 Å². The Hall–Kier alpha value is -3.15. The third-order valence-electron chi connectivity index (χ3n) is 3.82. The number of nitrogens with one attached hydrogen (secondary N) is 2. The van der Waals surface area contributed by atoms with Gasteiger partial charge in [0.05, 0.1) is 11.4 Å². The van der Waals surface area contributed by atoms with Crippen LogP contribution in [0.15, 0.2) is 54.6 Å². The van der Waals surface area contributed by atoms with Crippen molar-refractivity contribution in [2.45, 2.75) is 19.8 Å². The number of ether oxygens (including phenoxy) is 1. The smallest absolute Gasteiger partial charge is 0.262 e. The van der Waals surface area contributed by atoms with E-state index < -0.39 is 0 Å². The minimum atomic E-state index is -0.354. The van der Waals surface area contributed by atoms with Crippen LogP contribution in [0.1, 0.15) is 19.0 Å². The van der Waals surface area contributed by atoms with Gasteiger partial charge in [-0.2, -0.15) is 5.10 Å². The molecule has 0 aliphatic carbocycles. The van der Waals surface area contributed by atoms with Crippen LogP contribution in [0.25, 0.3) is 11.3 Å². The van der Waals surface area contributed by atoms with Gasteiger partial charge in [0.2, 0.25) is 0 Å². The summed E-state index contributed by atoms with van der Waals surface area (Å²) in [6, 6.07) is 15.2. The first-order valence-electron chi connectivity index (χ1n) is 8.48. The van der Waals surface area contributed by atoms with Gasteiger partial charge in [-0.3, -0.25) is 9.89 Å². The van der Waals surface area contributed by atoms with Gasteiger partial charge in [-0.15, -0.1) is 0 Å². The van der Waals surface area contributed by atoms with Crippen molar-refractivity contribution in [3.8, 4) is 17.0 Å². The number of benzene rings is 2. The number of hydrogen-bond donors (Lipinski definition) is 2. The summed E-state index contributed by atoms with van der Waals surface area (Å²) in [5.41, 5.74) is 2.49. The zero-order chi connectivity index (χ0) is 18.4. The molecule has 2 N–H and O–H groups in total. The average molecular weight is 353 g/mol. The molecule has 1 amide bonds. The van der Waals surface area contributed by atoms with Crippen molar-refractivity contribution in [2.24, 2.45) is 0 Å². The number of H-pyrrole nitrogens is 1. The first kappa shape index (κ1) is 17.7. The van der Waals surface area contributed by atoms with E-state index in [-0.39, 0.29) is 18.3 Å². The molecular formula is C20H20FN3O2. The highest BCUT2D eigenvalue weighted by atomic mass is 19.1. The van der Waals surface area contributed by atoms with Gasteiger partial charge in [0, 0.05) is 5.56 Å². The van der Waals surface area contributed by atoms with Gasteiger partial charge >= 0.3 is 0 Å². The SMILES string of the molecule is CCCc1[nH]nc(-c2cccc(F)c2)c1NC(=O)COc1ccccc1. The van der Waals surface area contributed by atoms with Crippen LogP contribution in [0, 0.1) is 5.82 Å². The number of rotatable bonds is 7. The lowest BCUT2D eigenvalue weighted by Crippen LogP contribution is -2.21. The number of anilines is 1. The number of aromatic nitrogens is 2. The quantitative estimate of drug-likeness (QED) is 0.669. The van der Waals surface area contributed by atoms with Crippen molar-refractivity contribution in [2.75, 3.05) is 11.9 Å². The van der Waals surface area contributed by atoms with Crippen molar-refractivity contribution >= 4 is 11.6 Å². The minimum absolute atomic E-state index is 0.122. The van der Waals surface area contributed by atoms with E-state index in [1.54, 1.807) is 24.3 Å². The number of aryl methyl sites for hydroxylation is 1. The maximum absolute atomic E-state index is 13.6. The monoisotopic (exact) mass is 353 g/mol. The van der Waals surface area contributed by atoms with Crippen LogP contribution in [0.2, 0.25) is 0 Å². The highest BCUT2D eigenvalue weighted by molar-refractivity contribution is 5.96. The van der Waals surface area contributed by atoms with Crippen LogP contribution < -0.4 is 10.1 Å². The Balaban J connectivity index is 1.78. The number of carbonyl (C=O) groups is 1. The van der Waals surface area contributed by atoms with Gasteiger partial charge in [0.15, 0.2) is 6.61 Å². The molecular weight excluding hydrogens is 333 g/mol. The second-order valence-electron chi connectivity index (χ2n) is 5.84. The summed E-state index contributed by atoms with van der Waals surface area (Å²) in [4.78, 5) is 12.3. The van der Waals surface area contributed by atoms with Crippen LogP contribution in [0.3, 0.4) is 0 Å². The topological polar surface area (TPSA) is 67.0 Å². The number of amides is 1. The summed E-state index contributed by atoms with van der Waals surface area (Å²) in [7, 11) is 0. The van der Waals surface area contributed by atoms with E-state index in [0.29, 0.717) is 22.7 Å². The number of nitrogens with zero attached hydrogens (tertiary/aromatic N) is 1. The molecule has 1 aromatic heterocycles. The van der Waals surface area contributed by atoms with Crippen molar-refractivity contribution < 1.29 is 13.9 Å². The normalized spacial score (nSPS) is 10.5. The zero-order valence-corrected chi connectivity index (χ0v) is 14.5. The number of carbonyl (C=O) groups excluding carboxylic acids is 1. The molecule has 2 aromatic carbocycles. The van der Waals surface area contributed by atoms with Crippen molar-refractivity contribution in [1.82, 2.24) is 10.2 Å². The van der Waals surface area contributed by atoms with Gasteiger partial charge in [-0.25, -0.2) is 4.39 Å². The third kappa shape index (κ3) is 4.27. The van der Waals surface area contributed by atoms with E-state index in [1.165, 1.54) is 12.1 Å². The van der Waals surface area contributed by atoms with Crippen molar-refractivity contribution in [3.63, 3.8) is 0 Å². The predicted molar refractivity (Wildman–Crippen MR) is 98.5 cm³/mol. The van der Waals surface area contributed by atoms with E-state index in [0.717, 1.165) is 18.5 Å². The van der Waals surface area contributed by atoms with Crippen molar-refractivity contribution in [1.29, 1.82) is 0 Å². The van der Waals surface area contributed by atoms with E-state index in [2.05, 4.69) is 15.5 Å². The largest absolute Gasteiger partial charge is 0.484 e. The van der Waals surface area contributed by atoms with Gasteiger partial charge in [-0.05, 0) is 30.7 Å². The Morgan fingerprint density at radius 3 is 2.73 bits per heavy atom. The fourth-order valence-electron chi connectivity index (χ4n) is 2.63. The number of para-hydroxylation sites is 1. The fourth-order valence-corrected chi connectivity index (χ4v) is 2.63. The lowest BCUT2D eigenvalue weighted by Gasteiger charge is -2.10. The summed E-state index contributed by atoms with van der Waals surface area (Å²) in [5.74, 6) is -0.0357. The van der Waals surface area contributed by atoms with Crippen molar-refractivity contribution in [3.05, 3.63) is 66.1 Å². The summed E-state index contributed by atoms with van der Waals surface area (Å²) < 4.78 is 19.0. The second-order valence-corrected chi connectivity index (χ2v) is 5.84. The maximum Gasteiger partial charge on any atom is 0.262 e. The molecule has 0 aliphatic heterocycles. The Bertz CT molecular complexity index is 878. The standard InChI is InChI=1S/C20H20FN3O2/c1-2-7-17-20(19(24-23-17)14-8-6-9-15(21)12-14)22-18(25)13-26-16-10-4-3-5-11-16/h3-6,8-12H,2,7,13H2,1H3,(H,22,25)(H,23,24). The second kappa shape index (κ2) is 8.29. The number of aromatic amines is 1. The number of hydrogen-bond acceptors (Lipinski definition) is 3. The highest BCUT2D eigenvalue weighted by Crippen LogP contribution is 2.30. The molecule has 0 radical (unpaired) electrons. The average Bonchev–Trinajstić information content (AvgIpc) is 3.04. The van der Waals surface area contributed by atoms with E-state index in [1.807, 2.05) is 25.1 Å². The Morgan fingerprint density at radius 2 is 2.00 bits per heavy atom. The molecule has 26 heavy (non-hydrogen) atoms. The van der Waals surface area contributed by atoms with Crippen LogP contribution in [0.5, 0.6) is 5.75 Å². The molecule has 0 saturated carbocycles. The molecule has 0 aliphatic rings. The molecule has 5 nitrogen and oxygen atoms in total. The molecule has 3 aromatic rings. The fraction of sp³-hybridized carbons (Fsp3) is 0.200. The zero-order valence-electron chi connectivity index (χ0n) is 14.5. The van der Waals surface area contributed by atoms with Gasteiger partial charge in [0.25, 0.3) is 5.91 Å². The Kier molecular flexibility index (Phi) is 5.63. The first-order valence-corrected chi connectivity index (χ1v) is 8.48. The lowest BCUT2D eigenvalue weighted by molar-refractivity contribution is -0.118. The lowest BCUT2D eigenvalue weighted by atomic mass is 10.1. The molecule has 0 bridgehead atoms. The van der Waals surface area contributed by atoms with E-state index >= 15 is 0 Å². The molecule has 1 heterocycles. The van der Waals surface area contributed by atoms with Gasteiger partial charge in [-0.1, -0.05) is 43.7 Å². The molecule has 0 fully saturated rings. The molecule has 134 valence electrons. The summed E-state index contributed by atoms with van der Waals surface area (Å²) >= 11 is 0. The van der Waals surface area contributed by atoms with Gasteiger partial charge in [0.1, 0.15) is 17.3 Å². The van der Waals surface area contributed by atoms with E-state index in [9.17, 15) is 9.18 Å². The van der Waals surface area contributed by atoms with Crippen LogP contribution in [-0.2, 0) is 11.2 Å². The minimum Gasteiger partial charge on any atom is -0.484 e. The summed E-state index contributed by atoms with van der Waals surface area (Å²) in [5, 5.41) is 10.1. The van der Waals surface area contributed by atoms with Crippen LogP contribution in [0.4, 0.5) is 10.1 Å². The molecule has 3 rings (SSSR count). The summed E-state index contributed by atoms with van der Waals surface area (Å²) in [6.45, 7) is 1.91. The predicted octanol–water partition coefficient (Wildman–Crippen LogP) is 4.19.